The molecule has 0 heterocycles. The molecular formula is C10H14O4-2. The molecule has 0 aromatic carbocycles. The summed E-state index contributed by atoms with van der Waals surface area (Å²) in [6.45, 7) is 5.28. The molecule has 0 N–H and O–H groups in total. The van der Waals surface area contributed by atoms with Crippen LogP contribution < -0.4 is 10.2 Å². The molecule has 1 fully saturated rings. The normalized spacial score (nSPS) is 35.5. The fourth-order valence-corrected chi connectivity index (χ4v) is 2.30. The molecular weight excluding hydrogens is 184 g/mol. The SMILES string of the molecule is CC1C(C(=O)[O-])CC(C(=O)[O-])C1(C)C. The van der Waals surface area contributed by atoms with Gasteiger partial charge in [-0.1, -0.05) is 20.8 Å². The number of hydrogen-bond acceptors (Lipinski definition) is 4. The summed E-state index contributed by atoms with van der Waals surface area (Å²) in [5.41, 5.74) is -0.538. The van der Waals surface area contributed by atoms with Crippen LogP contribution in [0.1, 0.15) is 27.2 Å². The lowest BCUT2D eigenvalue weighted by atomic mass is 9.75. The van der Waals surface area contributed by atoms with Crippen molar-refractivity contribution >= 4 is 11.9 Å². The molecule has 0 aromatic heterocycles. The second-order valence-electron chi connectivity index (χ2n) is 4.64. The number of carboxylic acids is 2. The van der Waals surface area contributed by atoms with Crippen molar-refractivity contribution in [2.45, 2.75) is 27.2 Å². The monoisotopic (exact) mass is 198 g/mol. The highest BCUT2D eigenvalue weighted by Gasteiger charge is 2.47. The molecule has 0 bridgehead atoms. The maximum absolute atomic E-state index is 10.8. The van der Waals surface area contributed by atoms with Crippen LogP contribution in [-0.2, 0) is 9.59 Å². The first-order valence-corrected chi connectivity index (χ1v) is 4.70. The summed E-state index contributed by atoms with van der Waals surface area (Å²) in [6, 6.07) is 0. The third-order valence-electron chi connectivity index (χ3n) is 3.75. The largest absolute Gasteiger partial charge is 0.550 e. The summed E-state index contributed by atoms with van der Waals surface area (Å²) in [5.74, 6) is -3.89. The van der Waals surface area contributed by atoms with Gasteiger partial charge in [0.1, 0.15) is 0 Å². The van der Waals surface area contributed by atoms with Crippen LogP contribution in [0.3, 0.4) is 0 Å². The van der Waals surface area contributed by atoms with Crippen molar-refractivity contribution in [3.8, 4) is 0 Å². The molecule has 3 atom stereocenters. The number of hydrogen-bond donors (Lipinski definition) is 0. The Kier molecular flexibility index (Phi) is 2.56. The topological polar surface area (TPSA) is 80.3 Å². The van der Waals surface area contributed by atoms with E-state index in [2.05, 4.69) is 0 Å². The van der Waals surface area contributed by atoms with E-state index in [1.807, 2.05) is 0 Å². The fourth-order valence-electron chi connectivity index (χ4n) is 2.30. The molecule has 4 heteroatoms. The van der Waals surface area contributed by atoms with Gasteiger partial charge in [0, 0.05) is 23.8 Å². The molecule has 80 valence electrons. The molecule has 0 saturated heterocycles. The van der Waals surface area contributed by atoms with Crippen LogP contribution in [0.15, 0.2) is 0 Å². The summed E-state index contributed by atoms with van der Waals surface area (Å²) >= 11 is 0. The summed E-state index contributed by atoms with van der Waals surface area (Å²) in [5, 5.41) is 21.5. The molecule has 0 amide bonds. The lowest BCUT2D eigenvalue weighted by Gasteiger charge is -2.32. The molecule has 0 aromatic rings. The van der Waals surface area contributed by atoms with Gasteiger partial charge in [0.2, 0.25) is 0 Å². The van der Waals surface area contributed by atoms with E-state index in [4.69, 9.17) is 0 Å². The lowest BCUT2D eigenvalue weighted by molar-refractivity contribution is -0.314. The second-order valence-corrected chi connectivity index (χ2v) is 4.64. The highest BCUT2D eigenvalue weighted by molar-refractivity contribution is 5.74. The van der Waals surface area contributed by atoms with E-state index in [9.17, 15) is 19.8 Å². The quantitative estimate of drug-likeness (QED) is 0.557. The number of carbonyl (C=O) groups is 2. The van der Waals surface area contributed by atoms with Crippen LogP contribution in [0, 0.1) is 23.2 Å². The van der Waals surface area contributed by atoms with E-state index < -0.39 is 29.2 Å². The molecule has 0 radical (unpaired) electrons. The Bertz CT molecular complexity index is 269. The van der Waals surface area contributed by atoms with Gasteiger partial charge in [-0.15, -0.1) is 0 Å². The van der Waals surface area contributed by atoms with Crippen molar-refractivity contribution < 1.29 is 19.8 Å². The van der Waals surface area contributed by atoms with Crippen molar-refractivity contribution in [1.82, 2.24) is 0 Å². The fraction of sp³-hybridized carbons (Fsp3) is 0.800. The molecule has 1 aliphatic carbocycles. The molecule has 0 spiro atoms. The average Bonchev–Trinajstić information content (AvgIpc) is 2.24. The van der Waals surface area contributed by atoms with E-state index in [1.54, 1.807) is 20.8 Å². The molecule has 1 rings (SSSR count). The van der Waals surface area contributed by atoms with Crippen molar-refractivity contribution in [1.29, 1.82) is 0 Å². The smallest absolute Gasteiger partial charge is 0.0450 e. The van der Waals surface area contributed by atoms with Crippen LogP contribution in [0.4, 0.5) is 0 Å². The van der Waals surface area contributed by atoms with Gasteiger partial charge < -0.3 is 19.8 Å². The third kappa shape index (κ3) is 1.49. The van der Waals surface area contributed by atoms with Gasteiger partial charge in [0.25, 0.3) is 0 Å². The summed E-state index contributed by atoms with van der Waals surface area (Å²) in [7, 11) is 0. The minimum Gasteiger partial charge on any atom is -0.550 e. The van der Waals surface area contributed by atoms with Crippen molar-refractivity contribution in [3.05, 3.63) is 0 Å². The van der Waals surface area contributed by atoms with Crippen molar-refractivity contribution in [2.75, 3.05) is 0 Å². The minimum atomic E-state index is -1.16. The molecule has 4 nitrogen and oxygen atoms in total. The molecule has 1 aliphatic rings. The van der Waals surface area contributed by atoms with Gasteiger partial charge in [-0.05, 0) is 17.8 Å². The van der Waals surface area contributed by atoms with Gasteiger partial charge in [-0.3, -0.25) is 0 Å². The van der Waals surface area contributed by atoms with Gasteiger partial charge >= 0.3 is 0 Å². The maximum atomic E-state index is 10.8. The molecule has 14 heavy (non-hydrogen) atoms. The number of rotatable bonds is 2. The minimum absolute atomic E-state index is 0.124. The summed E-state index contributed by atoms with van der Waals surface area (Å²) < 4.78 is 0. The Morgan fingerprint density at radius 3 is 1.93 bits per heavy atom. The Morgan fingerprint density at radius 1 is 1.21 bits per heavy atom. The zero-order chi connectivity index (χ0) is 11.1. The van der Waals surface area contributed by atoms with Crippen molar-refractivity contribution in [2.24, 2.45) is 23.2 Å². The van der Waals surface area contributed by atoms with Crippen LogP contribution in [0.25, 0.3) is 0 Å². The first kappa shape index (κ1) is 11.0. The van der Waals surface area contributed by atoms with Gasteiger partial charge in [-0.2, -0.15) is 0 Å². The molecule has 0 aliphatic heterocycles. The van der Waals surface area contributed by atoms with Gasteiger partial charge in [-0.25, -0.2) is 0 Å². The Balaban J connectivity index is 2.96. The number of carboxylic acid groups (broad SMARTS) is 2. The van der Waals surface area contributed by atoms with Crippen LogP contribution >= 0.6 is 0 Å². The van der Waals surface area contributed by atoms with Gasteiger partial charge in [0.05, 0.1) is 0 Å². The van der Waals surface area contributed by atoms with Gasteiger partial charge in [0.15, 0.2) is 0 Å². The highest BCUT2D eigenvalue weighted by Crippen LogP contribution is 2.50. The second kappa shape index (κ2) is 3.26. The zero-order valence-electron chi connectivity index (χ0n) is 8.57. The number of aliphatic carboxylic acids is 2. The highest BCUT2D eigenvalue weighted by atomic mass is 16.4. The maximum Gasteiger partial charge on any atom is 0.0450 e. The number of carbonyl (C=O) groups excluding carboxylic acids is 2. The first-order chi connectivity index (χ1) is 6.28. The van der Waals surface area contributed by atoms with Crippen LogP contribution in [-0.4, -0.2) is 11.9 Å². The first-order valence-electron chi connectivity index (χ1n) is 4.70. The predicted octanol–water partition coefficient (Wildman–Crippen LogP) is -1.22. The van der Waals surface area contributed by atoms with Crippen LogP contribution in [0.5, 0.6) is 0 Å². The Hall–Kier alpha value is -1.06. The van der Waals surface area contributed by atoms with E-state index in [-0.39, 0.29) is 12.3 Å². The predicted molar refractivity (Wildman–Crippen MR) is 44.6 cm³/mol. The van der Waals surface area contributed by atoms with Crippen LogP contribution in [0.2, 0.25) is 0 Å². The Labute approximate surface area is 82.9 Å². The van der Waals surface area contributed by atoms with Crippen molar-refractivity contribution in [3.63, 3.8) is 0 Å². The molecule has 3 unspecified atom stereocenters. The van der Waals surface area contributed by atoms with E-state index in [0.29, 0.717) is 0 Å². The summed E-state index contributed by atoms with van der Waals surface area (Å²) in [4.78, 5) is 21.5. The van der Waals surface area contributed by atoms with E-state index >= 15 is 0 Å². The lowest BCUT2D eigenvalue weighted by Crippen LogP contribution is -2.39. The molecule has 1 saturated carbocycles. The zero-order valence-corrected chi connectivity index (χ0v) is 8.57. The standard InChI is InChI=1S/C10H16O4/c1-5-6(8(11)12)4-7(9(13)14)10(5,2)3/h5-7H,4H2,1-3H3,(H,11,12)(H,13,14)/p-2. The van der Waals surface area contributed by atoms with E-state index in [0.717, 1.165) is 0 Å². The third-order valence-corrected chi connectivity index (χ3v) is 3.75. The summed E-state index contributed by atoms with van der Waals surface area (Å²) in [6.07, 6.45) is 0.124. The average molecular weight is 198 g/mol. The Morgan fingerprint density at radius 2 is 1.71 bits per heavy atom. The van der Waals surface area contributed by atoms with E-state index in [1.165, 1.54) is 0 Å².